The van der Waals surface area contributed by atoms with Crippen LogP contribution in [0.25, 0.3) is 0 Å². The number of ether oxygens (including phenoxy) is 1. The molecule has 4 N–H and O–H groups in total. The number of aliphatic hydroxyl groups is 1. The summed E-state index contributed by atoms with van der Waals surface area (Å²) in [4.78, 5) is 4.06. The van der Waals surface area contributed by atoms with E-state index in [0.717, 1.165) is 0 Å². The van der Waals surface area contributed by atoms with Crippen molar-refractivity contribution in [2.75, 3.05) is 31.3 Å². The van der Waals surface area contributed by atoms with Gasteiger partial charge in [-0.1, -0.05) is 0 Å². The van der Waals surface area contributed by atoms with Crippen molar-refractivity contribution in [1.82, 2.24) is 4.98 Å². The fraction of sp³-hybridized carbons (Fsp3) is 0.375. The van der Waals surface area contributed by atoms with Crippen LogP contribution in [-0.2, 0) is 0 Å². The maximum absolute atomic E-state index is 8.56. The van der Waals surface area contributed by atoms with Crippen LogP contribution in [0, 0.1) is 0 Å². The lowest BCUT2D eigenvalue weighted by Crippen LogP contribution is -2.07. The molecular formula is C8H13N3O2. The van der Waals surface area contributed by atoms with Gasteiger partial charge in [-0.15, -0.1) is 0 Å². The Morgan fingerprint density at radius 1 is 1.62 bits per heavy atom. The van der Waals surface area contributed by atoms with Crippen molar-refractivity contribution in [1.29, 1.82) is 0 Å². The Balaban J connectivity index is 2.74. The highest BCUT2D eigenvalue weighted by molar-refractivity contribution is 5.53. The number of methoxy groups -OCH3 is 1. The minimum absolute atomic E-state index is 0.0639. The summed E-state index contributed by atoms with van der Waals surface area (Å²) in [5, 5.41) is 11.5. The highest BCUT2D eigenvalue weighted by Gasteiger charge is 2.01. The third-order valence-electron chi connectivity index (χ3n) is 1.50. The lowest BCUT2D eigenvalue weighted by molar-refractivity contribution is 0.311. The molecule has 0 aliphatic rings. The largest absolute Gasteiger partial charge is 0.479 e. The molecule has 0 aliphatic carbocycles. The maximum atomic E-state index is 8.56. The van der Waals surface area contributed by atoms with Crippen LogP contribution in [0.15, 0.2) is 12.1 Å². The summed E-state index contributed by atoms with van der Waals surface area (Å²) in [6.45, 7) is 0.522. The number of nitrogen functional groups attached to an aromatic ring is 1. The summed E-state index contributed by atoms with van der Waals surface area (Å²) in [5.41, 5.74) is 6.06. The van der Waals surface area contributed by atoms with E-state index in [2.05, 4.69) is 10.3 Å². The summed E-state index contributed by atoms with van der Waals surface area (Å²) in [7, 11) is 1.51. The van der Waals surface area contributed by atoms with Crippen LogP contribution in [-0.4, -0.2) is 30.4 Å². The number of nitrogens with two attached hydrogens (primary N) is 1. The number of anilines is 2. The maximum Gasteiger partial charge on any atom is 0.238 e. The summed E-state index contributed by atoms with van der Waals surface area (Å²) in [6.07, 6.45) is 0. The van der Waals surface area contributed by atoms with E-state index in [4.69, 9.17) is 15.6 Å². The number of hydrogen-bond acceptors (Lipinski definition) is 5. The van der Waals surface area contributed by atoms with Crippen LogP contribution in [0.2, 0.25) is 0 Å². The molecule has 1 rings (SSSR count). The molecule has 1 heterocycles. The zero-order chi connectivity index (χ0) is 9.68. The van der Waals surface area contributed by atoms with Crippen LogP contribution in [0.4, 0.5) is 11.5 Å². The normalized spacial score (nSPS) is 9.69. The molecule has 0 unspecified atom stereocenters. The second kappa shape index (κ2) is 4.51. The van der Waals surface area contributed by atoms with Gasteiger partial charge in [0, 0.05) is 6.54 Å². The van der Waals surface area contributed by atoms with Crippen molar-refractivity contribution in [3.63, 3.8) is 0 Å². The van der Waals surface area contributed by atoms with E-state index in [1.807, 2.05) is 0 Å². The predicted molar refractivity (Wildman–Crippen MR) is 50.8 cm³/mol. The Hall–Kier alpha value is -1.49. The molecule has 0 fully saturated rings. The zero-order valence-corrected chi connectivity index (χ0v) is 7.45. The van der Waals surface area contributed by atoms with E-state index >= 15 is 0 Å². The second-order valence-electron chi connectivity index (χ2n) is 2.45. The van der Waals surface area contributed by atoms with Crippen molar-refractivity contribution in [3.05, 3.63) is 12.1 Å². The monoisotopic (exact) mass is 183 g/mol. The van der Waals surface area contributed by atoms with Crippen molar-refractivity contribution >= 4 is 11.5 Å². The third-order valence-corrected chi connectivity index (χ3v) is 1.50. The van der Waals surface area contributed by atoms with E-state index in [0.29, 0.717) is 23.9 Å². The highest BCUT2D eigenvalue weighted by Crippen LogP contribution is 2.19. The van der Waals surface area contributed by atoms with Gasteiger partial charge < -0.3 is 20.9 Å². The third kappa shape index (κ3) is 2.48. The first-order valence-corrected chi connectivity index (χ1v) is 3.93. The Morgan fingerprint density at radius 2 is 2.38 bits per heavy atom. The van der Waals surface area contributed by atoms with Crippen LogP contribution < -0.4 is 15.8 Å². The average Bonchev–Trinajstić information content (AvgIpc) is 2.16. The number of nitrogens with zero attached hydrogens (tertiary/aromatic N) is 1. The molecular weight excluding hydrogens is 170 g/mol. The molecule has 13 heavy (non-hydrogen) atoms. The van der Waals surface area contributed by atoms with Gasteiger partial charge in [-0.3, -0.25) is 0 Å². The molecule has 0 saturated carbocycles. The molecule has 1 aromatic heterocycles. The minimum atomic E-state index is 0.0639. The number of pyridine rings is 1. The Bertz CT molecular complexity index is 278. The van der Waals surface area contributed by atoms with Gasteiger partial charge in [0.05, 0.1) is 19.4 Å². The Labute approximate surface area is 76.5 Å². The average molecular weight is 183 g/mol. The first kappa shape index (κ1) is 9.60. The van der Waals surface area contributed by atoms with Gasteiger partial charge in [-0.2, -0.15) is 4.98 Å². The van der Waals surface area contributed by atoms with Gasteiger partial charge >= 0.3 is 0 Å². The fourth-order valence-electron chi connectivity index (χ4n) is 0.897. The molecule has 5 heteroatoms. The quantitative estimate of drug-likeness (QED) is 0.615. The van der Waals surface area contributed by atoms with Crippen molar-refractivity contribution in [3.8, 4) is 5.88 Å². The SMILES string of the molecule is COc1nc(NCCO)ccc1N. The molecule has 0 aromatic carbocycles. The summed E-state index contributed by atoms with van der Waals surface area (Å²) < 4.78 is 4.93. The zero-order valence-electron chi connectivity index (χ0n) is 7.45. The van der Waals surface area contributed by atoms with E-state index in [9.17, 15) is 0 Å². The summed E-state index contributed by atoms with van der Waals surface area (Å²) in [6, 6.07) is 3.43. The number of aliphatic hydroxyl groups excluding tert-OH is 1. The van der Waals surface area contributed by atoms with Gasteiger partial charge in [0.2, 0.25) is 5.88 Å². The van der Waals surface area contributed by atoms with Crippen LogP contribution >= 0.6 is 0 Å². The van der Waals surface area contributed by atoms with Crippen molar-refractivity contribution in [2.45, 2.75) is 0 Å². The first-order chi connectivity index (χ1) is 6.27. The van der Waals surface area contributed by atoms with Gasteiger partial charge in [0.15, 0.2) is 0 Å². The molecule has 0 bridgehead atoms. The topological polar surface area (TPSA) is 80.4 Å². The number of nitrogens with one attached hydrogen (secondary N) is 1. The minimum Gasteiger partial charge on any atom is -0.479 e. The molecule has 0 spiro atoms. The fourth-order valence-corrected chi connectivity index (χ4v) is 0.897. The number of rotatable bonds is 4. The predicted octanol–water partition coefficient (Wildman–Crippen LogP) is 0.0766. The van der Waals surface area contributed by atoms with Gasteiger partial charge in [-0.05, 0) is 12.1 Å². The molecule has 72 valence electrons. The molecule has 0 aliphatic heterocycles. The van der Waals surface area contributed by atoms with Gasteiger partial charge in [-0.25, -0.2) is 0 Å². The molecule has 5 nitrogen and oxygen atoms in total. The van der Waals surface area contributed by atoms with Crippen LogP contribution in [0.3, 0.4) is 0 Å². The van der Waals surface area contributed by atoms with Gasteiger partial charge in [0.1, 0.15) is 5.82 Å². The standard InChI is InChI=1S/C8H13N3O2/c1-13-8-6(9)2-3-7(11-8)10-4-5-12/h2-3,12H,4-5,9H2,1H3,(H,10,11). The Morgan fingerprint density at radius 3 is 3.00 bits per heavy atom. The first-order valence-electron chi connectivity index (χ1n) is 3.93. The van der Waals surface area contributed by atoms with E-state index in [-0.39, 0.29) is 6.61 Å². The van der Waals surface area contributed by atoms with E-state index in [1.54, 1.807) is 12.1 Å². The lowest BCUT2D eigenvalue weighted by Gasteiger charge is -2.07. The number of aromatic nitrogens is 1. The highest BCUT2D eigenvalue weighted by atomic mass is 16.5. The second-order valence-corrected chi connectivity index (χ2v) is 2.45. The lowest BCUT2D eigenvalue weighted by atomic mass is 10.4. The smallest absolute Gasteiger partial charge is 0.238 e. The van der Waals surface area contributed by atoms with E-state index < -0.39 is 0 Å². The van der Waals surface area contributed by atoms with Crippen LogP contribution in [0.5, 0.6) is 5.88 Å². The van der Waals surface area contributed by atoms with Gasteiger partial charge in [0.25, 0.3) is 0 Å². The molecule has 0 saturated heterocycles. The summed E-state index contributed by atoms with van der Waals surface area (Å²) in [5.74, 6) is 1.03. The molecule has 0 amide bonds. The van der Waals surface area contributed by atoms with Crippen LogP contribution in [0.1, 0.15) is 0 Å². The molecule has 0 radical (unpaired) electrons. The van der Waals surface area contributed by atoms with Crippen molar-refractivity contribution in [2.24, 2.45) is 0 Å². The van der Waals surface area contributed by atoms with E-state index in [1.165, 1.54) is 7.11 Å². The molecule has 0 atom stereocenters. The molecule has 1 aromatic rings. The van der Waals surface area contributed by atoms with Crippen molar-refractivity contribution < 1.29 is 9.84 Å². The Kier molecular flexibility index (Phi) is 3.33. The summed E-state index contributed by atoms with van der Waals surface area (Å²) >= 11 is 0. The number of hydrogen-bond donors (Lipinski definition) is 3.